The molecule has 2 aromatic carbocycles. The van der Waals surface area contributed by atoms with Crippen LogP contribution in [0.5, 0.6) is 0 Å². The molecule has 0 aliphatic rings. The molecule has 11 nitrogen and oxygen atoms in total. The Morgan fingerprint density at radius 3 is 0.865 bits per heavy atom. The van der Waals surface area contributed by atoms with Gasteiger partial charge in [0.1, 0.15) is 0 Å². The molecule has 0 N–H and O–H groups in total. The predicted octanol–water partition coefficient (Wildman–Crippen LogP) is 4.53. The van der Waals surface area contributed by atoms with E-state index in [1.165, 1.54) is 10.4 Å². The van der Waals surface area contributed by atoms with E-state index < -0.39 is 8.32 Å². The number of ether oxygens (including phenoxy) is 10. The fraction of sp³-hybridized carbons (Fsp3) is 0.700. The van der Waals surface area contributed by atoms with E-state index in [0.29, 0.717) is 132 Å². The van der Waals surface area contributed by atoms with Crippen LogP contribution in [0.3, 0.4) is 0 Å². The lowest BCUT2D eigenvalue weighted by Crippen LogP contribution is -2.66. The van der Waals surface area contributed by atoms with E-state index in [2.05, 4.69) is 88.4 Å². The van der Waals surface area contributed by atoms with E-state index in [1.54, 1.807) is 0 Å². The molecule has 0 spiro atoms. The second-order valence-electron chi connectivity index (χ2n) is 13.0. The summed E-state index contributed by atoms with van der Waals surface area (Å²) in [5.41, 5.74) is 0. The summed E-state index contributed by atoms with van der Waals surface area (Å²) in [6.07, 6.45) is 2.24. The number of unbranched alkanes of at least 4 members (excludes halogenated alkanes) is 1. The molecule has 0 atom stereocenters. The zero-order chi connectivity index (χ0) is 37.3. The Hall–Kier alpha value is -1.78. The first-order chi connectivity index (χ1) is 25.5. The van der Waals surface area contributed by atoms with Crippen molar-refractivity contribution in [1.82, 2.24) is 0 Å². The van der Waals surface area contributed by atoms with Crippen LogP contribution >= 0.6 is 0 Å². The zero-order valence-electron chi connectivity index (χ0n) is 32.5. The van der Waals surface area contributed by atoms with Gasteiger partial charge in [-0.2, -0.15) is 0 Å². The lowest BCUT2D eigenvalue weighted by atomic mass is 10.2. The third kappa shape index (κ3) is 21.2. The Bertz CT molecular complexity index is 1000. The summed E-state index contributed by atoms with van der Waals surface area (Å²) in [4.78, 5) is 0. The van der Waals surface area contributed by atoms with Crippen LogP contribution in [0.2, 0.25) is 5.04 Å². The highest BCUT2D eigenvalue weighted by molar-refractivity contribution is 6.99. The molecule has 0 saturated heterocycles. The van der Waals surface area contributed by atoms with Crippen molar-refractivity contribution < 1.29 is 51.8 Å². The van der Waals surface area contributed by atoms with Crippen LogP contribution in [-0.2, 0) is 51.8 Å². The minimum atomic E-state index is -2.54. The number of hydrogen-bond donors (Lipinski definition) is 0. The molecule has 0 bridgehead atoms. The molecule has 0 aliphatic carbocycles. The summed E-state index contributed by atoms with van der Waals surface area (Å²) in [6.45, 7) is 20.4. The smallest absolute Gasteiger partial charge is 0.261 e. The van der Waals surface area contributed by atoms with Gasteiger partial charge >= 0.3 is 0 Å². The molecule has 0 aromatic heterocycles. The van der Waals surface area contributed by atoms with Gasteiger partial charge in [0.2, 0.25) is 0 Å². The predicted molar refractivity (Wildman–Crippen MR) is 207 cm³/mol. The Balaban J connectivity index is 1.32. The van der Waals surface area contributed by atoms with Crippen LogP contribution in [0.15, 0.2) is 60.7 Å². The molecule has 52 heavy (non-hydrogen) atoms. The summed E-state index contributed by atoms with van der Waals surface area (Å²) in [6, 6.07) is 21.3. The van der Waals surface area contributed by atoms with Gasteiger partial charge in [-0.25, -0.2) is 0 Å². The molecule has 0 saturated carbocycles. The highest BCUT2D eigenvalue weighted by Crippen LogP contribution is 2.36. The lowest BCUT2D eigenvalue weighted by molar-refractivity contribution is -0.0267. The van der Waals surface area contributed by atoms with Crippen molar-refractivity contribution in [1.29, 1.82) is 0 Å². The van der Waals surface area contributed by atoms with E-state index >= 15 is 0 Å². The van der Waals surface area contributed by atoms with Gasteiger partial charge in [-0.15, -0.1) is 0 Å². The van der Waals surface area contributed by atoms with Crippen LogP contribution in [0.1, 0.15) is 40.5 Å². The van der Waals surface area contributed by atoms with Crippen molar-refractivity contribution in [3.05, 3.63) is 60.7 Å². The SMILES string of the molecule is CCCCOCCOCCOCCOCCOCCOCCOCCOCCOCCOCCO[Si](c1ccccc1)(c1ccccc1)C(C)(C)C. The van der Waals surface area contributed by atoms with Crippen LogP contribution in [0.4, 0.5) is 0 Å². The lowest BCUT2D eigenvalue weighted by Gasteiger charge is -2.43. The molecular weight excluding hydrogens is 685 g/mol. The van der Waals surface area contributed by atoms with Crippen molar-refractivity contribution >= 4 is 18.7 Å². The van der Waals surface area contributed by atoms with Crippen molar-refractivity contribution in [2.75, 3.05) is 139 Å². The summed E-state index contributed by atoms with van der Waals surface area (Å²) < 4.78 is 62.4. The third-order valence-corrected chi connectivity index (χ3v) is 13.0. The molecular formula is C40H68O11Si. The fourth-order valence-corrected chi connectivity index (χ4v) is 9.89. The van der Waals surface area contributed by atoms with E-state index in [1.807, 2.05) is 0 Å². The first-order valence-electron chi connectivity index (χ1n) is 19.0. The Labute approximate surface area is 314 Å². The Morgan fingerprint density at radius 2 is 0.615 bits per heavy atom. The average Bonchev–Trinajstić information content (AvgIpc) is 3.15. The van der Waals surface area contributed by atoms with Gasteiger partial charge in [0.25, 0.3) is 8.32 Å². The summed E-state index contributed by atoms with van der Waals surface area (Å²) in [5.74, 6) is 0. The largest absolute Gasteiger partial charge is 0.405 e. The van der Waals surface area contributed by atoms with Crippen molar-refractivity contribution in [3.63, 3.8) is 0 Å². The van der Waals surface area contributed by atoms with Crippen LogP contribution in [0, 0.1) is 0 Å². The van der Waals surface area contributed by atoms with E-state index in [0.717, 1.165) is 19.4 Å². The summed E-state index contributed by atoms with van der Waals surface area (Å²) in [5, 5.41) is 2.48. The first kappa shape index (κ1) is 46.4. The maximum absolute atomic E-state index is 6.85. The fourth-order valence-electron chi connectivity index (χ4n) is 5.34. The molecule has 0 fully saturated rings. The van der Waals surface area contributed by atoms with Gasteiger partial charge in [0, 0.05) is 6.61 Å². The monoisotopic (exact) mass is 752 g/mol. The highest BCUT2D eigenvalue weighted by Gasteiger charge is 2.50. The maximum atomic E-state index is 6.85. The Morgan fingerprint density at radius 1 is 0.365 bits per heavy atom. The van der Waals surface area contributed by atoms with Gasteiger partial charge in [-0.05, 0) is 21.8 Å². The normalized spacial score (nSPS) is 12.2. The third-order valence-electron chi connectivity index (χ3n) is 7.95. The number of hydrogen-bond acceptors (Lipinski definition) is 11. The van der Waals surface area contributed by atoms with Crippen molar-refractivity contribution in [3.8, 4) is 0 Å². The zero-order valence-corrected chi connectivity index (χ0v) is 33.5. The summed E-state index contributed by atoms with van der Waals surface area (Å²) in [7, 11) is -2.54. The second-order valence-corrected chi connectivity index (χ2v) is 17.3. The highest BCUT2D eigenvalue weighted by atomic mass is 28.4. The van der Waals surface area contributed by atoms with E-state index in [9.17, 15) is 0 Å². The molecule has 0 amide bonds. The quantitative estimate of drug-likeness (QED) is 0.0726. The van der Waals surface area contributed by atoms with Gasteiger partial charge in [-0.3, -0.25) is 0 Å². The van der Waals surface area contributed by atoms with E-state index in [4.69, 9.17) is 51.8 Å². The van der Waals surface area contributed by atoms with Crippen LogP contribution < -0.4 is 10.4 Å². The van der Waals surface area contributed by atoms with Gasteiger partial charge < -0.3 is 51.8 Å². The molecule has 0 heterocycles. The number of rotatable bonds is 36. The van der Waals surface area contributed by atoms with Gasteiger partial charge in [-0.1, -0.05) is 94.8 Å². The van der Waals surface area contributed by atoms with E-state index in [-0.39, 0.29) is 5.04 Å². The molecule has 0 unspecified atom stereocenters. The number of benzene rings is 2. The van der Waals surface area contributed by atoms with Gasteiger partial charge in [0.05, 0.1) is 132 Å². The Kier molecular flexibility index (Phi) is 28.1. The van der Waals surface area contributed by atoms with Crippen LogP contribution in [-0.4, -0.2) is 147 Å². The minimum absolute atomic E-state index is 0.0540. The standard InChI is InChI=1S/C40H68O11Si/c1-5-6-17-41-18-19-42-20-21-43-22-23-44-24-25-45-26-27-46-28-29-47-30-31-48-32-33-49-34-35-50-36-37-51-52(40(2,3)4,38-13-9-7-10-14-38)39-15-11-8-12-16-39/h7-16H,5-6,17-37H2,1-4H3. The van der Waals surface area contributed by atoms with Gasteiger partial charge in [0.15, 0.2) is 0 Å². The van der Waals surface area contributed by atoms with Crippen LogP contribution in [0.25, 0.3) is 0 Å². The maximum Gasteiger partial charge on any atom is 0.261 e. The molecule has 12 heteroatoms. The second kappa shape index (κ2) is 31.6. The van der Waals surface area contributed by atoms with Crippen molar-refractivity contribution in [2.24, 2.45) is 0 Å². The molecule has 0 aliphatic heterocycles. The topological polar surface area (TPSA) is 102 Å². The molecule has 2 rings (SSSR count). The molecule has 0 radical (unpaired) electrons. The average molecular weight is 753 g/mol. The molecule has 298 valence electrons. The first-order valence-corrected chi connectivity index (χ1v) is 21.0. The minimum Gasteiger partial charge on any atom is -0.405 e. The molecule has 2 aromatic rings. The summed E-state index contributed by atoms with van der Waals surface area (Å²) >= 11 is 0. The van der Waals surface area contributed by atoms with Crippen molar-refractivity contribution in [2.45, 2.75) is 45.6 Å².